The Labute approximate surface area is 101 Å². The Balaban J connectivity index is 2.42. The van der Waals surface area contributed by atoms with Crippen molar-refractivity contribution >= 4 is 0 Å². The quantitative estimate of drug-likeness (QED) is 0.622. The molecule has 1 aromatic heterocycles. The lowest BCUT2D eigenvalue weighted by molar-refractivity contribution is 0.620. The number of hydrogen-bond acceptors (Lipinski definition) is 3. The van der Waals surface area contributed by atoms with Gasteiger partial charge in [-0.1, -0.05) is 23.8 Å². The second-order valence-electron chi connectivity index (χ2n) is 4.42. The third-order valence-electron chi connectivity index (χ3n) is 2.92. The van der Waals surface area contributed by atoms with Crippen molar-refractivity contribution in [2.45, 2.75) is 19.9 Å². The maximum Gasteiger partial charge on any atom is 0.0947 e. The largest absolute Gasteiger partial charge is 0.340 e. The standard InChI is InChI=1S/C13H18N4/c1-9-4-5-11(10(2)6-9)13(16-14)12-7-17(3)8-15-12/h4-8,13,16H,14H2,1-3H3. The van der Waals surface area contributed by atoms with E-state index in [1.54, 1.807) is 6.33 Å². The number of aryl methyl sites for hydroxylation is 3. The Hall–Kier alpha value is -1.65. The van der Waals surface area contributed by atoms with Gasteiger partial charge in [-0.2, -0.15) is 0 Å². The van der Waals surface area contributed by atoms with E-state index in [1.807, 2.05) is 17.8 Å². The molecule has 0 amide bonds. The molecule has 0 radical (unpaired) electrons. The van der Waals surface area contributed by atoms with Crippen LogP contribution in [0.5, 0.6) is 0 Å². The van der Waals surface area contributed by atoms with E-state index in [-0.39, 0.29) is 6.04 Å². The summed E-state index contributed by atoms with van der Waals surface area (Å²) in [5, 5.41) is 0. The highest BCUT2D eigenvalue weighted by Crippen LogP contribution is 2.23. The van der Waals surface area contributed by atoms with Crippen LogP contribution < -0.4 is 11.3 Å². The number of nitrogens with two attached hydrogens (primary N) is 1. The summed E-state index contributed by atoms with van der Waals surface area (Å²) >= 11 is 0. The normalized spacial score (nSPS) is 12.7. The first-order valence-electron chi connectivity index (χ1n) is 5.63. The molecule has 0 fully saturated rings. The van der Waals surface area contributed by atoms with Gasteiger partial charge in [-0.15, -0.1) is 0 Å². The average molecular weight is 230 g/mol. The number of nitrogens with one attached hydrogen (secondary N) is 1. The van der Waals surface area contributed by atoms with Crippen LogP contribution in [0.15, 0.2) is 30.7 Å². The van der Waals surface area contributed by atoms with Crippen LogP contribution in [0.2, 0.25) is 0 Å². The first-order valence-corrected chi connectivity index (χ1v) is 5.63. The molecule has 0 saturated carbocycles. The summed E-state index contributed by atoms with van der Waals surface area (Å²) in [5.41, 5.74) is 7.40. The zero-order valence-electron chi connectivity index (χ0n) is 10.4. The second-order valence-corrected chi connectivity index (χ2v) is 4.42. The van der Waals surface area contributed by atoms with Crippen molar-refractivity contribution in [3.05, 3.63) is 53.1 Å². The van der Waals surface area contributed by atoms with Crippen molar-refractivity contribution in [2.75, 3.05) is 0 Å². The number of benzene rings is 1. The highest BCUT2D eigenvalue weighted by molar-refractivity contribution is 5.36. The molecule has 90 valence electrons. The predicted octanol–water partition coefficient (Wildman–Crippen LogP) is 1.59. The van der Waals surface area contributed by atoms with Gasteiger partial charge in [-0.3, -0.25) is 5.84 Å². The zero-order valence-corrected chi connectivity index (χ0v) is 10.4. The van der Waals surface area contributed by atoms with Gasteiger partial charge in [0.15, 0.2) is 0 Å². The van der Waals surface area contributed by atoms with E-state index in [0.29, 0.717) is 0 Å². The van der Waals surface area contributed by atoms with Crippen LogP contribution in [0.3, 0.4) is 0 Å². The lowest BCUT2D eigenvalue weighted by Crippen LogP contribution is -2.29. The lowest BCUT2D eigenvalue weighted by atomic mass is 9.98. The molecular weight excluding hydrogens is 212 g/mol. The fraction of sp³-hybridized carbons (Fsp3) is 0.308. The molecule has 0 spiro atoms. The molecule has 1 heterocycles. The van der Waals surface area contributed by atoms with Crippen LogP contribution in [0, 0.1) is 13.8 Å². The predicted molar refractivity (Wildman–Crippen MR) is 68.3 cm³/mol. The van der Waals surface area contributed by atoms with Gasteiger partial charge in [0.25, 0.3) is 0 Å². The average Bonchev–Trinajstić information content (AvgIpc) is 2.69. The van der Waals surface area contributed by atoms with Crippen molar-refractivity contribution in [2.24, 2.45) is 12.9 Å². The number of imidazole rings is 1. The first-order chi connectivity index (χ1) is 8.11. The summed E-state index contributed by atoms with van der Waals surface area (Å²) < 4.78 is 1.92. The Bertz CT molecular complexity index is 516. The molecule has 2 aromatic rings. The molecule has 0 aliphatic rings. The van der Waals surface area contributed by atoms with Crippen molar-refractivity contribution in [1.82, 2.24) is 15.0 Å². The third kappa shape index (κ3) is 2.38. The molecule has 0 aliphatic carbocycles. The molecule has 1 atom stereocenters. The second kappa shape index (κ2) is 4.69. The zero-order chi connectivity index (χ0) is 12.4. The molecule has 17 heavy (non-hydrogen) atoms. The van der Waals surface area contributed by atoms with E-state index >= 15 is 0 Å². The number of hydrazine groups is 1. The summed E-state index contributed by atoms with van der Waals surface area (Å²) in [6.07, 6.45) is 3.76. The van der Waals surface area contributed by atoms with E-state index in [1.165, 1.54) is 11.1 Å². The van der Waals surface area contributed by atoms with Crippen LogP contribution in [0.1, 0.15) is 28.4 Å². The van der Waals surface area contributed by atoms with Gasteiger partial charge in [0.05, 0.1) is 18.1 Å². The van der Waals surface area contributed by atoms with Gasteiger partial charge in [0.2, 0.25) is 0 Å². The molecule has 1 unspecified atom stereocenters. The van der Waals surface area contributed by atoms with E-state index in [0.717, 1.165) is 11.3 Å². The summed E-state index contributed by atoms with van der Waals surface area (Å²) in [6, 6.07) is 6.29. The van der Waals surface area contributed by atoms with E-state index in [9.17, 15) is 0 Å². The number of hydrogen-bond donors (Lipinski definition) is 2. The van der Waals surface area contributed by atoms with Crippen LogP contribution in [-0.2, 0) is 7.05 Å². The highest BCUT2D eigenvalue weighted by Gasteiger charge is 2.16. The fourth-order valence-corrected chi connectivity index (χ4v) is 2.07. The third-order valence-corrected chi connectivity index (χ3v) is 2.92. The van der Waals surface area contributed by atoms with Crippen molar-refractivity contribution in [3.8, 4) is 0 Å². The van der Waals surface area contributed by atoms with Gasteiger partial charge in [-0.25, -0.2) is 10.4 Å². The first kappa shape index (κ1) is 11.8. The smallest absolute Gasteiger partial charge is 0.0947 e. The van der Waals surface area contributed by atoms with E-state index in [2.05, 4.69) is 42.5 Å². The van der Waals surface area contributed by atoms with Crippen LogP contribution in [-0.4, -0.2) is 9.55 Å². The molecule has 1 aromatic carbocycles. The molecule has 4 heteroatoms. The monoisotopic (exact) mass is 230 g/mol. The molecule has 0 aliphatic heterocycles. The van der Waals surface area contributed by atoms with Crippen molar-refractivity contribution in [1.29, 1.82) is 0 Å². The molecule has 0 saturated heterocycles. The Morgan fingerprint density at radius 2 is 2.12 bits per heavy atom. The molecule has 4 nitrogen and oxygen atoms in total. The molecule has 2 rings (SSSR count). The van der Waals surface area contributed by atoms with Crippen molar-refractivity contribution in [3.63, 3.8) is 0 Å². The number of rotatable bonds is 3. The summed E-state index contributed by atoms with van der Waals surface area (Å²) in [7, 11) is 1.95. The van der Waals surface area contributed by atoms with Crippen LogP contribution in [0.25, 0.3) is 0 Å². The van der Waals surface area contributed by atoms with Gasteiger partial charge in [-0.05, 0) is 25.0 Å². The minimum Gasteiger partial charge on any atom is -0.340 e. The minimum absolute atomic E-state index is 0.0585. The van der Waals surface area contributed by atoms with E-state index < -0.39 is 0 Å². The lowest BCUT2D eigenvalue weighted by Gasteiger charge is -2.17. The molecular formula is C13H18N4. The number of aromatic nitrogens is 2. The fourth-order valence-electron chi connectivity index (χ4n) is 2.07. The summed E-state index contributed by atoms with van der Waals surface area (Å²) in [5.74, 6) is 5.65. The van der Waals surface area contributed by atoms with Crippen molar-refractivity contribution < 1.29 is 0 Å². The van der Waals surface area contributed by atoms with Gasteiger partial charge < -0.3 is 4.57 Å². The molecule has 0 bridgehead atoms. The van der Waals surface area contributed by atoms with Gasteiger partial charge in [0, 0.05) is 13.2 Å². The van der Waals surface area contributed by atoms with Crippen LogP contribution >= 0.6 is 0 Å². The maximum atomic E-state index is 5.65. The SMILES string of the molecule is Cc1ccc(C(NN)c2cn(C)cn2)c(C)c1. The Kier molecular flexibility index (Phi) is 3.26. The topological polar surface area (TPSA) is 55.9 Å². The van der Waals surface area contributed by atoms with E-state index in [4.69, 9.17) is 5.84 Å². The van der Waals surface area contributed by atoms with Gasteiger partial charge >= 0.3 is 0 Å². The number of nitrogens with zero attached hydrogens (tertiary/aromatic N) is 2. The summed E-state index contributed by atoms with van der Waals surface area (Å²) in [4.78, 5) is 4.35. The Morgan fingerprint density at radius 3 is 2.65 bits per heavy atom. The van der Waals surface area contributed by atoms with Gasteiger partial charge in [0.1, 0.15) is 0 Å². The maximum absolute atomic E-state index is 5.65. The molecule has 3 N–H and O–H groups in total. The Morgan fingerprint density at radius 1 is 1.35 bits per heavy atom. The highest BCUT2D eigenvalue weighted by atomic mass is 15.2. The minimum atomic E-state index is -0.0585. The van der Waals surface area contributed by atoms with Crippen LogP contribution in [0.4, 0.5) is 0 Å². The summed E-state index contributed by atoms with van der Waals surface area (Å²) in [6.45, 7) is 4.18.